The van der Waals surface area contributed by atoms with Crippen LogP contribution in [0.3, 0.4) is 0 Å². The van der Waals surface area contributed by atoms with Gasteiger partial charge in [-0.05, 0) is 13.0 Å². The highest BCUT2D eigenvalue weighted by atomic mass is 127. The van der Waals surface area contributed by atoms with E-state index in [0.29, 0.717) is 0 Å². The molecule has 0 saturated carbocycles. The Morgan fingerprint density at radius 3 is 2.80 bits per heavy atom. The number of benzene rings is 1. The standard InChI is InChI=1S/C11H14NOS.HI/c1-4-12-8(2)14-11-7-9(13-3)5-6-10(11)12;/h5-7H,4H2,1-3H3;1H/q+1;/p-1. The summed E-state index contributed by atoms with van der Waals surface area (Å²) in [4.78, 5) is 0. The number of halogens is 1. The van der Waals surface area contributed by atoms with Crippen LogP contribution in [0.4, 0.5) is 0 Å². The lowest BCUT2D eigenvalue weighted by Crippen LogP contribution is -3.00. The molecule has 0 unspecified atom stereocenters. The van der Waals surface area contributed by atoms with Gasteiger partial charge in [0.2, 0.25) is 10.2 Å². The number of rotatable bonds is 2. The first-order chi connectivity index (χ1) is 6.76. The Labute approximate surface area is 111 Å². The topological polar surface area (TPSA) is 14.2 Å². The third-order valence-corrected chi connectivity index (χ3v) is 3.47. The lowest BCUT2D eigenvalue weighted by Gasteiger charge is -1.96. The second-order valence-corrected chi connectivity index (χ2v) is 4.43. The van der Waals surface area contributed by atoms with Crippen LogP contribution in [0.1, 0.15) is 11.9 Å². The minimum atomic E-state index is 0. The van der Waals surface area contributed by atoms with Gasteiger partial charge in [0, 0.05) is 30.9 Å². The van der Waals surface area contributed by atoms with Gasteiger partial charge in [0.05, 0.1) is 13.2 Å². The summed E-state index contributed by atoms with van der Waals surface area (Å²) in [6.45, 7) is 5.35. The SMILES string of the molecule is CCn1c2ccc(OC)cc2s[c+]1C.[I-]. The van der Waals surface area contributed by atoms with E-state index in [0.717, 1.165) is 12.3 Å². The zero-order valence-electron chi connectivity index (χ0n) is 9.08. The van der Waals surface area contributed by atoms with Crippen molar-refractivity contribution in [2.45, 2.75) is 20.4 Å². The Bertz CT molecular complexity index is 467. The molecule has 1 heterocycles. The zero-order chi connectivity index (χ0) is 10.1. The molecule has 0 atom stereocenters. The van der Waals surface area contributed by atoms with Crippen LogP contribution in [-0.4, -0.2) is 11.7 Å². The van der Waals surface area contributed by atoms with E-state index in [9.17, 15) is 0 Å². The zero-order valence-corrected chi connectivity index (χ0v) is 12.1. The molecule has 2 aromatic rings. The molecule has 0 radical (unpaired) electrons. The van der Waals surface area contributed by atoms with Crippen LogP contribution in [0, 0.1) is 6.92 Å². The summed E-state index contributed by atoms with van der Waals surface area (Å²) < 4.78 is 8.82. The molecule has 1 aromatic carbocycles. The minimum absolute atomic E-state index is 0. The number of hydrogen-bond donors (Lipinski definition) is 0. The van der Waals surface area contributed by atoms with E-state index in [-0.39, 0.29) is 24.0 Å². The second-order valence-electron chi connectivity index (χ2n) is 3.20. The van der Waals surface area contributed by atoms with Gasteiger partial charge in [0.1, 0.15) is 5.75 Å². The average molecular weight is 335 g/mol. The molecule has 0 aliphatic rings. The number of aromatic nitrogens is 1. The third kappa shape index (κ3) is 2.25. The molecule has 4 heteroatoms. The summed E-state index contributed by atoms with van der Waals surface area (Å²) in [5.74, 6) is 0.932. The van der Waals surface area contributed by atoms with Crippen LogP contribution in [0.2, 0.25) is 0 Å². The van der Waals surface area contributed by atoms with E-state index in [1.165, 1.54) is 15.2 Å². The Hall–Kier alpha value is -0.360. The Balaban J connectivity index is 0.00000112. The smallest absolute Gasteiger partial charge is 0.204 e. The largest absolute Gasteiger partial charge is 1.00 e. The highest BCUT2D eigenvalue weighted by Gasteiger charge is 2.15. The maximum absolute atomic E-state index is 5.20. The highest BCUT2D eigenvalue weighted by Crippen LogP contribution is 2.28. The van der Waals surface area contributed by atoms with Crippen molar-refractivity contribution in [3.8, 4) is 5.75 Å². The molecule has 0 fully saturated rings. The third-order valence-electron chi connectivity index (χ3n) is 2.41. The van der Waals surface area contributed by atoms with E-state index in [2.05, 4.69) is 30.5 Å². The highest BCUT2D eigenvalue weighted by molar-refractivity contribution is 7.18. The van der Waals surface area contributed by atoms with E-state index >= 15 is 0 Å². The van der Waals surface area contributed by atoms with Gasteiger partial charge in [0.15, 0.2) is 5.01 Å². The number of aryl methyl sites for hydroxylation is 2. The number of hydrogen-bond acceptors (Lipinski definition) is 2. The van der Waals surface area contributed by atoms with Gasteiger partial charge in [-0.1, -0.05) is 0 Å². The van der Waals surface area contributed by atoms with E-state index in [1.54, 1.807) is 7.11 Å². The molecule has 0 N–H and O–H groups in total. The van der Waals surface area contributed by atoms with Gasteiger partial charge in [-0.15, -0.1) is 0 Å². The lowest BCUT2D eigenvalue weighted by molar-refractivity contribution is -0.00000321. The summed E-state index contributed by atoms with van der Waals surface area (Å²) in [5, 5.41) is 1.34. The number of nitrogens with zero attached hydrogens (tertiary/aromatic N) is 1. The molecule has 0 saturated heterocycles. The van der Waals surface area contributed by atoms with Gasteiger partial charge in [-0.25, -0.2) is 4.57 Å². The van der Waals surface area contributed by atoms with Crippen LogP contribution >= 0.6 is 11.3 Å². The predicted molar refractivity (Wildman–Crippen MR) is 61.2 cm³/mol. The van der Waals surface area contributed by atoms with E-state index in [1.807, 2.05) is 17.4 Å². The van der Waals surface area contributed by atoms with Crippen molar-refractivity contribution < 1.29 is 28.7 Å². The van der Waals surface area contributed by atoms with Gasteiger partial charge in [0.25, 0.3) is 0 Å². The average Bonchev–Trinajstić information content (AvgIpc) is 2.51. The van der Waals surface area contributed by atoms with Crippen LogP contribution in [0.25, 0.3) is 10.2 Å². The summed E-state index contributed by atoms with van der Waals surface area (Å²) in [5.41, 5.74) is 1.30. The maximum Gasteiger partial charge on any atom is 0.204 e. The van der Waals surface area contributed by atoms with Crippen molar-refractivity contribution in [3.63, 3.8) is 0 Å². The van der Waals surface area contributed by atoms with Crippen molar-refractivity contribution >= 4 is 21.6 Å². The first kappa shape index (κ1) is 12.7. The van der Waals surface area contributed by atoms with Gasteiger partial charge in [-0.2, -0.15) is 0 Å². The van der Waals surface area contributed by atoms with Crippen LogP contribution < -0.4 is 28.7 Å². The molecule has 0 spiro atoms. The number of methoxy groups -OCH3 is 1. The molecule has 1 aromatic heterocycles. The Morgan fingerprint density at radius 1 is 1.47 bits per heavy atom. The van der Waals surface area contributed by atoms with Crippen LogP contribution in [0.15, 0.2) is 18.2 Å². The van der Waals surface area contributed by atoms with E-state index < -0.39 is 0 Å². The molecule has 0 aliphatic heterocycles. The van der Waals surface area contributed by atoms with Gasteiger partial charge < -0.3 is 28.7 Å². The monoisotopic (exact) mass is 335 g/mol. The van der Waals surface area contributed by atoms with Crippen LogP contribution in [0.5, 0.6) is 5.75 Å². The fourth-order valence-electron chi connectivity index (χ4n) is 1.70. The first-order valence-corrected chi connectivity index (χ1v) is 5.55. The Kier molecular flexibility index (Phi) is 4.33. The molecule has 2 rings (SSSR count). The molecule has 0 amide bonds. The van der Waals surface area contributed by atoms with Crippen molar-refractivity contribution in [1.29, 1.82) is 0 Å². The number of fused-ring (bicyclic) bond motifs is 1. The number of thiazole rings is 1. The van der Waals surface area contributed by atoms with Crippen molar-refractivity contribution in [2.24, 2.45) is 0 Å². The Morgan fingerprint density at radius 2 is 2.20 bits per heavy atom. The molecule has 0 aliphatic carbocycles. The molecule has 15 heavy (non-hydrogen) atoms. The molecule has 82 valence electrons. The summed E-state index contributed by atoms with van der Waals surface area (Å²) >= 11 is 1.82. The van der Waals surface area contributed by atoms with E-state index in [4.69, 9.17) is 4.74 Å². The normalized spacial score (nSPS) is 10.1. The second kappa shape index (κ2) is 5.12. The fourth-order valence-corrected chi connectivity index (χ4v) is 2.82. The molecular formula is C11H14INOS. The summed E-state index contributed by atoms with van der Waals surface area (Å²) in [6, 6.07) is 6.24. The minimum Gasteiger partial charge on any atom is -1.00 e. The van der Waals surface area contributed by atoms with Gasteiger partial charge in [-0.3, -0.25) is 0 Å². The van der Waals surface area contributed by atoms with Crippen molar-refractivity contribution in [2.75, 3.05) is 7.11 Å². The van der Waals surface area contributed by atoms with Gasteiger partial charge >= 0.3 is 0 Å². The van der Waals surface area contributed by atoms with Crippen molar-refractivity contribution in [3.05, 3.63) is 23.2 Å². The maximum atomic E-state index is 5.20. The summed E-state index contributed by atoms with van der Waals surface area (Å²) in [7, 11) is 1.70. The summed E-state index contributed by atoms with van der Waals surface area (Å²) in [6.07, 6.45) is 0. The number of ether oxygens (including phenoxy) is 1. The predicted octanol–water partition coefficient (Wildman–Crippen LogP) is 0.325. The lowest BCUT2D eigenvalue weighted by atomic mass is 10.3. The van der Waals surface area contributed by atoms with Crippen LogP contribution in [-0.2, 0) is 6.54 Å². The molecule has 2 nitrogen and oxygen atoms in total. The fraction of sp³-hybridized carbons (Fsp3) is 0.364. The van der Waals surface area contributed by atoms with Crippen molar-refractivity contribution in [1.82, 2.24) is 4.57 Å². The first-order valence-electron chi connectivity index (χ1n) is 4.73. The quantitative estimate of drug-likeness (QED) is 0.570. The molecule has 0 bridgehead atoms. The molecular weight excluding hydrogens is 321 g/mol.